The van der Waals surface area contributed by atoms with Crippen LogP contribution >= 0.6 is 0 Å². The number of aryl methyl sites for hydroxylation is 1. The summed E-state index contributed by atoms with van der Waals surface area (Å²) in [6, 6.07) is 11.5. The molecule has 2 aromatic rings. The third kappa shape index (κ3) is 2.85. The van der Waals surface area contributed by atoms with Crippen LogP contribution in [0.4, 0.5) is 0 Å². The van der Waals surface area contributed by atoms with Crippen LogP contribution in [0.2, 0.25) is 0 Å². The fraction of sp³-hybridized carbons (Fsp3) is 0.353. The molecule has 4 nitrogen and oxygen atoms in total. The van der Waals surface area contributed by atoms with E-state index in [1.54, 1.807) is 0 Å². The second-order valence-electron chi connectivity index (χ2n) is 5.45. The summed E-state index contributed by atoms with van der Waals surface area (Å²) >= 11 is 0. The lowest BCUT2D eigenvalue weighted by atomic mass is 9.94. The standard InChI is InChI=1S/C17H19NO3/c1-2-14-7-8-15(21-14)11-18-10-13-6-4-3-5-12(13)9-16(18)17(19)20/h3-8,16H,2,9-11H2,1H3,(H,19,20). The molecule has 0 radical (unpaired) electrons. The van der Waals surface area contributed by atoms with Gasteiger partial charge in [0.05, 0.1) is 6.54 Å². The van der Waals surface area contributed by atoms with Crippen LogP contribution in [-0.4, -0.2) is 22.0 Å². The van der Waals surface area contributed by atoms with Crippen molar-refractivity contribution in [2.75, 3.05) is 0 Å². The van der Waals surface area contributed by atoms with Crippen molar-refractivity contribution < 1.29 is 14.3 Å². The van der Waals surface area contributed by atoms with Crippen LogP contribution < -0.4 is 0 Å². The Morgan fingerprint density at radius 2 is 1.95 bits per heavy atom. The number of hydrogen-bond acceptors (Lipinski definition) is 3. The quantitative estimate of drug-likeness (QED) is 0.938. The minimum atomic E-state index is -0.772. The zero-order valence-electron chi connectivity index (χ0n) is 12.1. The number of fused-ring (bicyclic) bond motifs is 1. The molecule has 0 saturated carbocycles. The number of aliphatic carboxylic acids is 1. The Kier molecular flexibility index (Phi) is 3.80. The molecule has 2 heterocycles. The van der Waals surface area contributed by atoms with Crippen LogP contribution in [0.15, 0.2) is 40.8 Å². The normalized spacial score (nSPS) is 18.4. The van der Waals surface area contributed by atoms with E-state index in [1.807, 2.05) is 42.2 Å². The first-order valence-corrected chi connectivity index (χ1v) is 7.28. The Balaban J connectivity index is 1.83. The van der Waals surface area contributed by atoms with Crippen LogP contribution in [0.25, 0.3) is 0 Å². The molecule has 110 valence electrons. The van der Waals surface area contributed by atoms with E-state index in [2.05, 4.69) is 6.07 Å². The van der Waals surface area contributed by atoms with Gasteiger partial charge in [-0.3, -0.25) is 9.69 Å². The molecule has 1 unspecified atom stereocenters. The van der Waals surface area contributed by atoms with E-state index in [0.29, 0.717) is 19.5 Å². The summed E-state index contributed by atoms with van der Waals surface area (Å²) in [4.78, 5) is 13.5. The summed E-state index contributed by atoms with van der Waals surface area (Å²) in [6.07, 6.45) is 1.40. The zero-order chi connectivity index (χ0) is 14.8. The van der Waals surface area contributed by atoms with Gasteiger partial charge < -0.3 is 9.52 Å². The lowest BCUT2D eigenvalue weighted by molar-refractivity contribution is -0.144. The average molecular weight is 285 g/mol. The summed E-state index contributed by atoms with van der Waals surface area (Å²) in [6.45, 7) is 3.22. The Hall–Kier alpha value is -2.07. The summed E-state index contributed by atoms with van der Waals surface area (Å²) in [5, 5.41) is 9.49. The predicted octanol–water partition coefficient (Wildman–Crippen LogP) is 2.85. The SMILES string of the molecule is CCc1ccc(CN2Cc3ccccc3CC2C(=O)O)o1. The van der Waals surface area contributed by atoms with Crippen LogP contribution in [-0.2, 0) is 30.7 Å². The Labute approximate surface area is 124 Å². The second-order valence-corrected chi connectivity index (χ2v) is 5.45. The fourth-order valence-corrected chi connectivity index (χ4v) is 2.88. The molecule has 4 heteroatoms. The maximum atomic E-state index is 11.6. The molecule has 1 aromatic carbocycles. The second kappa shape index (κ2) is 5.74. The van der Waals surface area contributed by atoms with Gasteiger partial charge in [-0.1, -0.05) is 31.2 Å². The predicted molar refractivity (Wildman–Crippen MR) is 78.9 cm³/mol. The van der Waals surface area contributed by atoms with Gasteiger partial charge in [0.25, 0.3) is 0 Å². The van der Waals surface area contributed by atoms with Gasteiger partial charge in [0.15, 0.2) is 0 Å². The van der Waals surface area contributed by atoms with Crippen LogP contribution in [0.5, 0.6) is 0 Å². The van der Waals surface area contributed by atoms with Crippen molar-refractivity contribution in [2.24, 2.45) is 0 Å². The number of carbonyl (C=O) groups is 1. The van der Waals surface area contributed by atoms with Gasteiger partial charge in [-0.15, -0.1) is 0 Å². The lowest BCUT2D eigenvalue weighted by Crippen LogP contribution is -2.44. The maximum Gasteiger partial charge on any atom is 0.321 e. The van der Waals surface area contributed by atoms with Gasteiger partial charge >= 0.3 is 5.97 Å². The fourth-order valence-electron chi connectivity index (χ4n) is 2.88. The summed E-state index contributed by atoms with van der Waals surface area (Å²) in [5.41, 5.74) is 2.34. The molecule has 0 spiro atoms. The number of furan rings is 1. The average Bonchev–Trinajstić information content (AvgIpc) is 2.94. The van der Waals surface area contributed by atoms with E-state index in [9.17, 15) is 9.90 Å². The smallest absolute Gasteiger partial charge is 0.321 e. The first-order valence-electron chi connectivity index (χ1n) is 7.28. The van der Waals surface area contributed by atoms with Gasteiger partial charge in [0, 0.05) is 13.0 Å². The topological polar surface area (TPSA) is 53.7 Å². The van der Waals surface area contributed by atoms with Gasteiger partial charge in [-0.05, 0) is 29.7 Å². The van der Waals surface area contributed by atoms with E-state index in [0.717, 1.165) is 23.5 Å². The number of rotatable bonds is 4. The minimum absolute atomic E-state index is 0.491. The van der Waals surface area contributed by atoms with Crippen LogP contribution in [0.1, 0.15) is 29.6 Å². The van der Waals surface area contributed by atoms with Gasteiger partial charge in [-0.2, -0.15) is 0 Å². The van der Waals surface area contributed by atoms with Crippen molar-refractivity contribution in [1.29, 1.82) is 0 Å². The van der Waals surface area contributed by atoms with E-state index in [-0.39, 0.29) is 0 Å². The number of nitrogens with zero attached hydrogens (tertiary/aromatic N) is 1. The van der Waals surface area contributed by atoms with Gasteiger partial charge in [0.2, 0.25) is 0 Å². The molecule has 1 aromatic heterocycles. The lowest BCUT2D eigenvalue weighted by Gasteiger charge is -2.33. The van der Waals surface area contributed by atoms with E-state index < -0.39 is 12.0 Å². The molecule has 1 aliphatic heterocycles. The van der Waals surface area contributed by atoms with Crippen molar-refractivity contribution in [1.82, 2.24) is 4.90 Å². The van der Waals surface area contributed by atoms with Crippen molar-refractivity contribution in [3.8, 4) is 0 Å². The summed E-state index contributed by atoms with van der Waals surface area (Å²) < 4.78 is 5.72. The van der Waals surface area contributed by atoms with Crippen LogP contribution in [0.3, 0.4) is 0 Å². The monoisotopic (exact) mass is 285 g/mol. The maximum absolute atomic E-state index is 11.6. The number of benzene rings is 1. The first kappa shape index (κ1) is 13.9. The molecule has 1 atom stereocenters. The molecule has 1 N–H and O–H groups in total. The van der Waals surface area contributed by atoms with Gasteiger partial charge in [0.1, 0.15) is 17.6 Å². The summed E-state index contributed by atoms with van der Waals surface area (Å²) in [7, 11) is 0. The first-order chi connectivity index (χ1) is 10.2. The number of carboxylic acid groups (broad SMARTS) is 1. The highest BCUT2D eigenvalue weighted by molar-refractivity contribution is 5.74. The third-order valence-corrected chi connectivity index (χ3v) is 4.06. The third-order valence-electron chi connectivity index (χ3n) is 4.06. The Bertz CT molecular complexity index is 647. The Morgan fingerprint density at radius 3 is 2.62 bits per heavy atom. The van der Waals surface area contributed by atoms with Gasteiger partial charge in [-0.25, -0.2) is 0 Å². The molecule has 0 fully saturated rings. The zero-order valence-corrected chi connectivity index (χ0v) is 12.1. The molecular formula is C17H19NO3. The van der Waals surface area contributed by atoms with Crippen molar-refractivity contribution in [3.05, 3.63) is 59.0 Å². The number of carboxylic acids is 1. The largest absolute Gasteiger partial charge is 0.480 e. The molecule has 0 amide bonds. The molecule has 21 heavy (non-hydrogen) atoms. The highest BCUT2D eigenvalue weighted by Crippen LogP contribution is 2.25. The molecule has 0 saturated heterocycles. The highest BCUT2D eigenvalue weighted by atomic mass is 16.4. The Morgan fingerprint density at radius 1 is 1.24 bits per heavy atom. The van der Waals surface area contributed by atoms with Crippen LogP contribution in [0, 0.1) is 0 Å². The van der Waals surface area contributed by atoms with E-state index in [1.165, 1.54) is 5.56 Å². The van der Waals surface area contributed by atoms with E-state index in [4.69, 9.17) is 4.42 Å². The molecule has 1 aliphatic rings. The molecule has 3 rings (SSSR count). The van der Waals surface area contributed by atoms with Crippen molar-refractivity contribution >= 4 is 5.97 Å². The van der Waals surface area contributed by atoms with Crippen molar-refractivity contribution in [2.45, 2.75) is 38.9 Å². The number of hydrogen-bond donors (Lipinski definition) is 1. The molecule has 0 aliphatic carbocycles. The minimum Gasteiger partial charge on any atom is -0.480 e. The van der Waals surface area contributed by atoms with E-state index >= 15 is 0 Å². The van der Waals surface area contributed by atoms with Crippen molar-refractivity contribution in [3.63, 3.8) is 0 Å². The molecular weight excluding hydrogens is 266 g/mol. The summed E-state index contributed by atoms with van der Waals surface area (Å²) in [5.74, 6) is 0.999. The highest BCUT2D eigenvalue weighted by Gasteiger charge is 2.31. The molecule has 0 bridgehead atoms.